The van der Waals surface area contributed by atoms with Crippen LogP contribution < -0.4 is 10.6 Å². The molecule has 1 heterocycles. The summed E-state index contributed by atoms with van der Waals surface area (Å²) >= 11 is 0. The number of rotatable bonds is 6. The highest BCUT2D eigenvalue weighted by molar-refractivity contribution is 5.95. The van der Waals surface area contributed by atoms with Crippen molar-refractivity contribution in [2.45, 2.75) is 20.4 Å². The number of carbonyl (C=O) groups excluding carboxylic acids is 1. The molecule has 0 atom stereocenters. The molecule has 5 heteroatoms. The summed E-state index contributed by atoms with van der Waals surface area (Å²) in [5, 5.41) is 6.50. The molecule has 0 amide bonds. The van der Waals surface area contributed by atoms with Crippen LogP contribution in [0.5, 0.6) is 0 Å². The fourth-order valence-electron chi connectivity index (χ4n) is 2.50. The summed E-state index contributed by atoms with van der Waals surface area (Å²) in [5.41, 5.74) is 3.91. The van der Waals surface area contributed by atoms with E-state index in [4.69, 9.17) is 0 Å². The van der Waals surface area contributed by atoms with Crippen molar-refractivity contribution < 1.29 is 4.79 Å². The lowest BCUT2D eigenvalue weighted by Crippen LogP contribution is -2.03. The zero-order chi connectivity index (χ0) is 17.6. The van der Waals surface area contributed by atoms with E-state index < -0.39 is 0 Å². The molecule has 0 aliphatic rings. The van der Waals surface area contributed by atoms with Crippen LogP contribution >= 0.6 is 0 Å². The molecule has 2 N–H and O–H groups in total. The molecule has 0 saturated heterocycles. The molecule has 0 unspecified atom stereocenters. The number of aryl methyl sites for hydroxylation is 1. The molecule has 0 saturated carbocycles. The molecule has 0 spiro atoms. The molecule has 0 aliphatic heterocycles. The molecule has 0 bridgehead atoms. The lowest BCUT2D eigenvalue weighted by Gasteiger charge is -2.09. The minimum atomic E-state index is 0.0341. The molecule has 0 fully saturated rings. The first-order chi connectivity index (χ1) is 12.1. The predicted molar refractivity (Wildman–Crippen MR) is 100 cm³/mol. The maximum Gasteiger partial charge on any atom is 0.159 e. The van der Waals surface area contributed by atoms with Gasteiger partial charge in [-0.1, -0.05) is 42.0 Å². The topological polar surface area (TPSA) is 66.9 Å². The Labute approximate surface area is 147 Å². The Morgan fingerprint density at radius 2 is 1.80 bits per heavy atom. The number of nitrogens with zero attached hydrogens (tertiary/aromatic N) is 2. The van der Waals surface area contributed by atoms with Gasteiger partial charge in [0.2, 0.25) is 0 Å². The third-order valence-electron chi connectivity index (χ3n) is 3.76. The summed E-state index contributed by atoms with van der Waals surface area (Å²) < 4.78 is 0. The van der Waals surface area contributed by atoms with Gasteiger partial charge in [-0.2, -0.15) is 0 Å². The van der Waals surface area contributed by atoms with Crippen LogP contribution in [0.25, 0.3) is 0 Å². The Morgan fingerprint density at radius 3 is 2.60 bits per heavy atom. The molecule has 25 heavy (non-hydrogen) atoms. The van der Waals surface area contributed by atoms with Crippen molar-refractivity contribution in [3.05, 3.63) is 77.6 Å². The van der Waals surface area contributed by atoms with Gasteiger partial charge < -0.3 is 10.6 Å². The molecule has 2 aromatic carbocycles. The van der Waals surface area contributed by atoms with Gasteiger partial charge in [-0.15, -0.1) is 0 Å². The van der Waals surface area contributed by atoms with Crippen molar-refractivity contribution >= 4 is 23.1 Å². The minimum absolute atomic E-state index is 0.0341. The van der Waals surface area contributed by atoms with Crippen molar-refractivity contribution in [3.63, 3.8) is 0 Å². The van der Waals surface area contributed by atoms with Crippen molar-refractivity contribution in [2.24, 2.45) is 0 Å². The van der Waals surface area contributed by atoms with Gasteiger partial charge in [0.25, 0.3) is 0 Å². The maximum absolute atomic E-state index is 11.5. The highest BCUT2D eigenvalue weighted by Gasteiger charge is 2.03. The second-order valence-electron chi connectivity index (χ2n) is 5.89. The van der Waals surface area contributed by atoms with Gasteiger partial charge in [-0.3, -0.25) is 4.79 Å². The van der Waals surface area contributed by atoms with Gasteiger partial charge in [0, 0.05) is 23.9 Å². The van der Waals surface area contributed by atoms with Crippen molar-refractivity contribution in [3.8, 4) is 0 Å². The Hall–Kier alpha value is -3.21. The summed E-state index contributed by atoms with van der Waals surface area (Å²) in [7, 11) is 0. The van der Waals surface area contributed by atoms with Gasteiger partial charge in [0.05, 0.1) is 0 Å². The van der Waals surface area contributed by atoms with E-state index in [2.05, 4.69) is 45.7 Å². The Morgan fingerprint density at radius 1 is 1.00 bits per heavy atom. The molecule has 5 nitrogen and oxygen atoms in total. The van der Waals surface area contributed by atoms with Crippen LogP contribution in [-0.2, 0) is 6.54 Å². The van der Waals surface area contributed by atoms with Crippen LogP contribution in [0.1, 0.15) is 28.4 Å². The van der Waals surface area contributed by atoms with Gasteiger partial charge in [0.1, 0.15) is 18.0 Å². The minimum Gasteiger partial charge on any atom is -0.366 e. The van der Waals surface area contributed by atoms with E-state index >= 15 is 0 Å². The summed E-state index contributed by atoms with van der Waals surface area (Å²) in [4.78, 5) is 20.0. The summed E-state index contributed by atoms with van der Waals surface area (Å²) in [6.07, 6.45) is 1.51. The standard InChI is InChI=1S/C20H20N4O/c1-14-5-3-6-16(9-14)12-21-19-11-20(23-13-22-19)24-18-8-4-7-17(10-18)15(2)25/h3-11,13H,12H2,1-2H3,(H2,21,22,23,24). The average Bonchev–Trinajstić information content (AvgIpc) is 2.61. The second kappa shape index (κ2) is 7.57. The number of nitrogens with one attached hydrogen (secondary N) is 2. The molecule has 126 valence electrons. The normalized spacial score (nSPS) is 10.3. The average molecular weight is 332 g/mol. The zero-order valence-electron chi connectivity index (χ0n) is 14.3. The molecule has 0 aliphatic carbocycles. The van der Waals surface area contributed by atoms with Crippen molar-refractivity contribution in [1.29, 1.82) is 0 Å². The number of Topliss-reactive ketones (excluding diaryl/α,β-unsaturated/α-hetero) is 1. The molecular weight excluding hydrogens is 312 g/mol. The molecular formula is C20H20N4O. The van der Waals surface area contributed by atoms with Gasteiger partial charge >= 0.3 is 0 Å². The predicted octanol–water partition coefficient (Wildman–Crippen LogP) is 4.34. The number of hydrogen-bond donors (Lipinski definition) is 2. The summed E-state index contributed by atoms with van der Waals surface area (Å²) in [6, 6.07) is 17.5. The van der Waals surface area contributed by atoms with Crippen LogP contribution in [0, 0.1) is 6.92 Å². The summed E-state index contributed by atoms with van der Waals surface area (Å²) in [6.45, 7) is 4.32. The fourth-order valence-corrected chi connectivity index (χ4v) is 2.50. The highest BCUT2D eigenvalue weighted by Crippen LogP contribution is 2.18. The number of hydrogen-bond acceptors (Lipinski definition) is 5. The van der Waals surface area contributed by atoms with Crippen LogP contribution in [0.15, 0.2) is 60.9 Å². The molecule has 1 aromatic heterocycles. The molecule has 0 radical (unpaired) electrons. The second-order valence-corrected chi connectivity index (χ2v) is 5.89. The fraction of sp³-hybridized carbons (Fsp3) is 0.150. The maximum atomic E-state index is 11.5. The van der Waals surface area contributed by atoms with E-state index in [1.54, 1.807) is 13.0 Å². The number of carbonyl (C=O) groups is 1. The molecule has 3 rings (SSSR count). The zero-order valence-corrected chi connectivity index (χ0v) is 14.3. The highest BCUT2D eigenvalue weighted by atomic mass is 16.1. The first kappa shape index (κ1) is 16.6. The SMILES string of the molecule is CC(=O)c1cccc(Nc2cc(NCc3cccc(C)c3)ncn2)c1. The van der Waals surface area contributed by atoms with Crippen molar-refractivity contribution in [2.75, 3.05) is 10.6 Å². The van der Waals surface area contributed by atoms with Gasteiger partial charge in [0.15, 0.2) is 5.78 Å². The quantitative estimate of drug-likeness (QED) is 0.657. The van der Waals surface area contributed by atoms with Gasteiger partial charge in [-0.25, -0.2) is 9.97 Å². The van der Waals surface area contributed by atoms with Crippen LogP contribution in [0.2, 0.25) is 0 Å². The number of ketones is 1. The largest absolute Gasteiger partial charge is 0.366 e. The monoisotopic (exact) mass is 332 g/mol. The Balaban J connectivity index is 1.69. The van der Waals surface area contributed by atoms with E-state index in [9.17, 15) is 4.79 Å². The Bertz CT molecular complexity index is 892. The van der Waals surface area contributed by atoms with Crippen LogP contribution in [0.3, 0.4) is 0 Å². The molecule has 3 aromatic rings. The lowest BCUT2D eigenvalue weighted by atomic mass is 10.1. The third-order valence-corrected chi connectivity index (χ3v) is 3.76. The lowest BCUT2D eigenvalue weighted by molar-refractivity contribution is 0.101. The van der Waals surface area contributed by atoms with E-state index in [1.165, 1.54) is 17.5 Å². The number of benzene rings is 2. The number of aromatic nitrogens is 2. The third kappa shape index (κ3) is 4.64. The summed E-state index contributed by atoms with van der Waals surface area (Å²) in [5.74, 6) is 1.44. The van der Waals surface area contributed by atoms with Crippen LogP contribution in [-0.4, -0.2) is 15.8 Å². The van der Waals surface area contributed by atoms with E-state index in [0.717, 1.165) is 11.5 Å². The van der Waals surface area contributed by atoms with E-state index in [0.29, 0.717) is 17.9 Å². The Kier molecular flexibility index (Phi) is 5.04. The first-order valence-electron chi connectivity index (χ1n) is 8.09. The van der Waals surface area contributed by atoms with Gasteiger partial charge in [-0.05, 0) is 31.5 Å². The number of anilines is 3. The van der Waals surface area contributed by atoms with Crippen LogP contribution in [0.4, 0.5) is 17.3 Å². The van der Waals surface area contributed by atoms with E-state index in [1.807, 2.05) is 30.3 Å². The van der Waals surface area contributed by atoms with E-state index in [-0.39, 0.29) is 5.78 Å². The first-order valence-corrected chi connectivity index (χ1v) is 8.09. The smallest absolute Gasteiger partial charge is 0.159 e. The van der Waals surface area contributed by atoms with Crippen molar-refractivity contribution in [1.82, 2.24) is 9.97 Å².